The van der Waals surface area contributed by atoms with Crippen LogP contribution in [-0.4, -0.2) is 16.6 Å². The molecule has 0 atom stereocenters. The summed E-state index contributed by atoms with van der Waals surface area (Å²) in [5, 5.41) is 8.06. The third-order valence-electron chi connectivity index (χ3n) is 3.04. The van der Waals surface area contributed by atoms with Crippen LogP contribution >= 0.6 is 11.6 Å². The van der Waals surface area contributed by atoms with Crippen molar-refractivity contribution in [3.63, 3.8) is 0 Å². The Hall–Kier alpha value is -1.72. The van der Waals surface area contributed by atoms with E-state index in [0.717, 1.165) is 17.8 Å². The van der Waals surface area contributed by atoms with E-state index in [4.69, 9.17) is 21.1 Å². The van der Waals surface area contributed by atoms with Gasteiger partial charge in [0.25, 0.3) is 0 Å². The molecule has 0 saturated heterocycles. The van der Waals surface area contributed by atoms with Crippen LogP contribution < -0.4 is 14.8 Å². The summed E-state index contributed by atoms with van der Waals surface area (Å²) >= 11 is 6.13. The van der Waals surface area contributed by atoms with E-state index in [1.54, 1.807) is 6.20 Å². The number of benzene rings is 1. The molecule has 0 bridgehead atoms. The van der Waals surface area contributed by atoms with Gasteiger partial charge in [-0.2, -0.15) is 5.10 Å². The smallest absolute Gasteiger partial charge is 0.231 e. The predicted octanol–water partition coefficient (Wildman–Crippen LogP) is 2.09. The Morgan fingerprint density at radius 2 is 2.26 bits per heavy atom. The third-order valence-corrected chi connectivity index (χ3v) is 3.33. The number of aromatic nitrogens is 2. The number of hydrogen-bond acceptors (Lipinski definition) is 4. The van der Waals surface area contributed by atoms with E-state index in [2.05, 4.69) is 10.4 Å². The molecule has 19 heavy (non-hydrogen) atoms. The van der Waals surface area contributed by atoms with Gasteiger partial charge in [-0.1, -0.05) is 11.6 Å². The van der Waals surface area contributed by atoms with Crippen LogP contribution in [0.3, 0.4) is 0 Å². The number of rotatable bonds is 4. The van der Waals surface area contributed by atoms with E-state index in [0.29, 0.717) is 23.1 Å². The van der Waals surface area contributed by atoms with Gasteiger partial charge >= 0.3 is 0 Å². The summed E-state index contributed by atoms with van der Waals surface area (Å²) in [6.45, 7) is 1.70. The molecular weight excluding hydrogens is 266 g/mol. The Bertz CT molecular complexity index is 598. The molecule has 0 spiro atoms. The van der Waals surface area contributed by atoms with Crippen LogP contribution in [-0.2, 0) is 20.1 Å². The molecule has 0 fully saturated rings. The van der Waals surface area contributed by atoms with Crippen molar-refractivity contribution in [2.75, 3.05) is 6.79 Å². The molecular formula is C13H14ClN3O2. The first-order valence-electron chi connectivity index (χ1n) is 5.99. The number of nitrogens with one attached hydrogen (secondary N) is 1. The molecule has 1 aliphatic heterocycles. The highest BCUT2D eigenvalue weighted by molar-refractivity contribution is 6.32. The quantitative estimate of drug-likeness (QED) is 0.931. The minimum absolute atomic E-state index is 0.237. The molecule has 2 heterocycles. The van der Waals surface area contributed by atoms with Gasteiger partial charge in [-0.25, -0.2) is 0 Å². The monoisotopic (exact) mass is 279 g/mol. The third kappa shape index (κ3) is 2.52. The minimum Gasteiger partial charge on any atom is -0.454 e. The first-order chi connectivity index (χ1) is 9.24. The van der Waals surface area contributed by atoms with Crippen molar-refractivity contribution in [3.05, 3.63) is 40.7 Å². The molecule has 3 rings (SSSR count). The maximum Gasteiger partial charge on any atom is 0.231 e. The normalized spacial score (nSPS) is 12.9. The fourth-order valence-corrected chi connectivity index (χ4v) is 2.32. The second-order valence-electron chi connectivity index (χ2n) is 4.36. The van der Waals surface area contributed by atoms with E-state index in [1.165, 1.54) is 0 Å². The Morgan fingerprint density at radius 1 is 1.37 bits per heavy atom. The lowest BCUT2D eigenvalue weighted by molar-refractivity contribution is 0.174. The van der Waals surface area contributed by atoms with Crippen LogP contribution in [0, 0.1) is 0 Å². The first kappa shape index (κ1) is 12.3. The molecule has 1 aromatic carbocycles. The van der Waals surface area contributed by atoms with E-state index in [-0.39, 0.29) is 6.79 Å². The van der Waals surface area contributed by atoms with Crippen LogP contribution in [0.5, 0.6) is 11.5 Å². The summed E-state index contributed by atoms with van der Waals surface area (Å²) in [5.41, 5.74) is 2.20. The number of nitrogens with zero attached hydrogens (tertiary/aromatic N) is 2. The fraction of sp³-hybridized carbons (Fsp3) is 0.308. The first-order valence-corrected chi connectivity index (χ1v) is 6.37. The van der Waals surface area contributed by atoms with Crippen molar-refractivity contribution < 1.29 is 9.47 Å². The summed E-state index contributed by atoms with van der Waals surface area (Å²) < 4.78 is 12.5. The average molecular weight is 280 g/mol. The van der Waals surface area contributed by atoms with E-state index < -0.39 is 0 Å². The standard InChI is InChI=1S/C13H14ClN3O2/c1-17-10(2-3-16-17)7-15-6-9-4-11(14)13-12(5-9)18-8-19-13/h2-5,15H,6-8H2,1H3. The molecule has 100 valence electrons. The summed E-state index contributed by atoms with van der Waals surface area (Å²) in [5.74, 6) is 1.35. The number of fused-ring (bicyclic) bond motifs is 1. The lowest BCUT2D eigenvalue weighted by Crippen LogP contribution is -2.15. The molecule has 0 unspecified atom stereocenters. The molecule has 1 aliphatic rings. The summed E-state index contributed by atoms with van der Waals surface area (Å²) in [4.78, 5) is 0. The maximum atomic E-state index is 6.13. The second-order valence-corrected chi connectivity index (χ2v) is 4.77. The summed E-state index contributed by atoms with van der Waals surface area (Å²) in [7, 11) is 1.93. The lowest BCUT2D eigenvalue weighted by atomic mass is 10.2. The molecule has 0 aliphatic carbocycles. The van der Waals surface area contributed by atoms with Crippen LogP contribution in [0.4, 0.5) is 0 Å². The molecule has 5 nitrogen and oxygen atoms in total. The molecule has 1 N–H and O–H groups in total. The highest BCUT2D eigenvalue weighted by atomic mass is 35.5. The highest BCUT2D eigenvalue weighted by Crippen LogP contribution is 2.39. The molecule has 6 heteroatoms. The zero-order valence-electron chi connectivity index (χ0n) is 10.5. The molecule has 1 aromatic heterocycles. The van der Waals surface area contributed by atoms with Gasteiger partial charge in [-0.15, -0.1) is 0 Å². The van der Waals surface area contributed by atoms with E-state index in [9.17, 15) is 0 Å². The second kappa shape index (κ2) is 5.11. The molecule has 2 aromatic rings. The number of hydrogen-bond donors (Lipinski definition) is 1. The Morgan fingerprint density at radius 3 is 3.05 bits per heavy atom. The van der Waals surface area contributed by atoms with Crippen molar-refractivity contribution in [2.45, 2.75) is 13.1 Å². The van der Waals surface area contributed by atoms with E-state index in [1.807, 2.05) is 29.9 Å². The zero-order chi connectivity index (χ0) is 13.2. The van der Waals surface area contributed by atoms with Gasteiger partial charge in [0, 0.05) is 26.3 Å². The minimum atomic E-state index is 0.237. The molecule has 0 radical (unpaired) electrons. The fourth-order valence-electron chi connectivity index (χ4n) is 2.03. The van der Waals surface area contributed by atoms with Crippen molar-refractivity contribution in [2.24, 2.45) is 7.05 Å². The largest absolute Gasteiger partial charge is 0.454 e. The van der Waals surface area contributed by atoms with Gasteiger partial charge in [0.05, 0.1) is 10.7 Å². The van der Waals surface area contributed by atoms with Crippen molar-refractivity contribution in [3.8, 4) is 11.5 Å². The molecule has 0 amide bonds. The Balaban J connectivity index is 1.65. The van der Waals surface area contributed by atoms with Crippen molar-refractivity contribution >= 4 is 11.6 Å². The average Bonchev–Trinajstić information content (AvgIpc) is 2.99. The number of aryl methyl sites for hydroxylation is 1. The summed E-state index contributed by atoms with van der Waals surface area (Å²) in [6, 6.07) is 5.83. The van der Waals surface area contributed by atoms with Gasteiger partial charge in [-0.3, -0.25) is 4.68 Å². The van der Waals surface area contributed by atoms with E-state index >= 15 is 0 Å². The van der Waals surface area contributed by atoms with Gasteiger partial charge in [-0.05, 0) is 23.8 Å². The van der Waals surface area contributed by atoms with Crippen LogP contribution in [0.15, 0.2) is 24.4 Å². The van der Waals surface area contributed by atoms with Gasteiger partial charge in [0.1, 0.15) is 0 Å². The highest BCUT2D eigenvalue weighted by Gasteiger charge is 2.17. The Labute approximate surface area is 116 Å². The zero-order valence-corrected chi connectivity index (χ0v) is 11.3. The van der Waals surface area contributed by atoms with Crippen LogP contribution in [0.1, 0.15) is 11.3 Å². The summed E-state index contributed by atoms with van der Waals surface area (Å²) in [6.07, 6.45) is 1.79. The van der Waals surface area contributed by atoms with Crippen LogP contribution in [0.2, 0.25) is 5.02 Å². The van der Waals surface area contributed by atoms with Gasteiger partial charge in [0.15, 0.2) is 11.5 Å². The predicted molar refractivity (Wildman–Crippen MR) is 71.3 cm³/mol. The SMILES string of the molecule is Cn1nccc1CNCc1cc(Cl)c2c(c1)OCO2. The Kier molecular flexibility index (Phi) is 3.31. The van der Waals surface area contributed by atoms with Gasteiger partial charge in [0.2, 0.25) is 6.79 Å². The number of ether oxygens (including phenoxy) is 2. The van der Waals surface area contributed by atoms with Gasteiger partial charge < -0.3 is 14.8 Å². The topological polar surface area (TPSA) is 48.3 Å². The van der Waals surface area contributed by atoms with Crippen LogP contribution in [0.25, 0.3) is 0 Å². The van der Waals surface area contributed by atoms with Crippen molar-refractivity contribution in [1.82, 2.24) is 15.1 Å². The molecule has 0 saturated carbocycles. The lowest BCUT2D eigenvalue weighted by Gasteiger charge is -2.07. The number of halogens is 1. The van der Waals surface area contributed by atoms with Crippen molar-refractivity contribution in [1.29, 1.82) is 0 Å². The maximum absolute atomic E-state index is 6.13.